The van der Waals surface area contributed by atoms with Gasteiger partial charge >= 0.3 is 0 Å². The first kappa shape index (κ1) is 14.8. The molecule has 1 N–H and O–H groups in total. The highest BCUT2D eigenvalue weighted by atomic mass is 15.2. The molecule has 0 radical (unpaired) electrons. The van der Waals surface area contributed by atoms with E-state index in [4.69, 9.17) is 0 Å². The molecule has 2 saturated carbocycles. The number of fused-ring (bicyclic) bond motifs is 1. The summed E-state index contributed by atoms with van der Waals surface area (Å²) in [6.45, 7) is 4.89. The van der Waals surface area contributed by atoms with Crippen molar-refractivity contribution in [2.75, 3.05) is 13.1 Å². The Morgan fingerprint density at radius 1 is 0.850 bits per heavy atom. The highest BCUT2D eigenvalue weighted by Gasteiger charge is 2.39. The van der Waals surface area contributed by atoms with E-state index >= 15 is 0 Å². The van der Waals surface area contributed by atoms with Crippen LogP contribution in [0.3, 0.4) is 0 Å². The highest BCUT2D eigenvalue weighted by Crippen LogP contribution is 2.38. The monoisotopic (exact) mass is 278 g/mol. The van der Waals surface area contributed by atoms with Crippen LogP contribution >= 0.6 is 0 Å². The van der Waals surface area contributed by atoms with E-state index < -0.39 is 0 Å². The van der Waals surface area contributed by atoms with Crippen molar-refractivity contribution in [1.82, 2.24) is 10.2 Å². The molecule has 1 saturated heterocycles. The second-order valence-electron chi connectivity index (χ2n) is 7.40. The fourth-order valence-corrected chi connectivity index (χ4v) is 5.15. The van der Waals surface area contributed by atoms with Crippen LogP contribution in [0.1, 0.15) is 77.6 Å². The molecule has 0 bridgehead atoms. The van der Waals surface area contributed by atoms with Crippen LogP contribution in [0.4, 0.5) is 0 Å². The largest absolute Gasteiger partial charge is 0.312 e. The molecule has 4 atom stereocenters. The Morgan fingerprint density at radius 3 is 2.40 bits per heavy atom. The summed E-state index contributed by atoms with van der Waals surface area (Å²) < 4.78 is 0. The lowest BCUT2D eigenvalue weighted by molar-refractivity contribution is 0.000467. The van der Waals surface area contributed by atoms with Crippen molar-refractivity contribution in [2.45, 2.75) is 95.7 Å². The average molecular weight is 278 g/mol. The minimum Gasteiger partial charge on any atom is -0.312 e. The molecule has 1 heterocycles. The van der Waals surface area contributed by atoms with E-state index in [1.165, 1.54) is 83.7 Å². The predicted molar refractivity (Wildman–Crippen MR) is 86.0 cm³/mol. The minimum atomic E-state index is 0.782. The van der Waals surface area contributed by atoms with E-state index in [9.17, 15) is 0 Å². The Labute approximate surface area is 125 Å². The standard InChI is InChI=1S/C18H34N2/c1-2-13-19-16-10-4-6-12-18(16)20-14-7-9-15-8-3-5-11-17(15)20/h15-19H,2-14H2,1H3. The molecule has 2 nitrogen and oxygen atoms in total. The number of nitrogens with one attached hydrogen (secondary N) is 1. The van der Waals surface area contributed by atoms with Crippen LogP contribution in [0, 0.1) is 5.92 Å². The smallest absolute Gasteiger partial charge is 0.0252 e. The summed E-state index contributed by atoms with van der Waals surface area (Å²) in [5, 5.41) is 3.87. The summed E-state index contributed by atoms with van der Waals surface area (Å²) in [6, 6.07) is 2.57. The van der Waals surface area contributed by atoms with Gasteiger partial charge in [-0.15, -0.1) is 0 Å². The molecular formula is C18H34N2. The van der Waals surface area contributed by atoms with Gasteiger partial charge in [-0.25, -0.2) is 0 Å². The van der Waals surface area contributed by atoms with Gasteiger partial charge < -0.3 is 5.32 Å². The molecule has 20 heavy (non-hydrogen) atoms. The average Bonchev–Trinajstić information content (AvgIpc) is 2.53. The first-order chi connectivity index (χ1) is 9.90. The maximum absolute atomic E-state index is 3.87. The molecule has 4 unspecified atom stereocenters. The number of rotatable bonds is 4. The van der Waals surface area contributed by atoms with Crippen LogP contribution in [-0.2, 0) is 0 Å². The zero-order valence-electron chi connectivity index (χ0n) is 13.4. The second kappa shape index (κ2) is 7.26. The first-order valence-electron chi connectivity index (χ1n) is 9.39. The molecule has 2 heteroatoms. The normalized spacial score (nSPS) is 39.5. The summed E-state index contributed by atoms with van der Waals surface area (Å²) in [7, 11) is 0. The van der Waals surface area contributed by atoms with Crippen LogP contribution in [0.15, 0.2) is 0 Å². The lowest BCUT2D eigenvalue weighted by Crippen LogP contribution is -2.59. The van der Waals surface area contributed by atoms with Gasteiger partial charge in [-0.1, -0.05) is 32.6 Å². The second-order valence-corrected chi connectivity index (χ2v) is 7.40. The van der Waals surface area contributed by atoms with Gasteiger partial charge in [-0.05, 0) is 64.0 Å². The Bertz CT molecular complexity index is 289. The molecule has 1 aliphatic heterocycles. The molecule has 116 valence electrons. The van der Waals surface area contributed by atoms with Gasteiger partial charge in [0.05, 0.1) is 0 Å². The van der Waals surface area contributed by atoms with Crippen LogP contribution in [0.5, 0.6) is 0 Å². The maximum Gasteiger partial charge on any atom is 0.0252 e. The van der Waals surface area contributed by atoms with Gasteiger partial charge in [0.1, 0.15) is 0 Å². The third-order valence-electron chi connectivity index (χ3n) is 6.10. The van der Waals surface area contributed by atoms with E-state index in [1.54, 1.807) is 0 Å². The Balaban J connectivity index is 1.67. The zero-order chi connectivity index (χ0) is 13.8. The lowest BCUT2D eigenvalue weighted by atomic mass is 9.76. The van der Waals surface area contributed by atoms with Crippen molar-refractivity contribution in [2.24, 2.45) is 5.92 Å². The van der Waals surface area contributed by atoms with Gasteiger partial charge in [-0.2, -0.15) is 0 Å². The Hall–Kier alpha value is -0.0800. The van der Waals surface area contributed by atoms with Crippen LogP contribution < -0.4 is 5.32 Å². The molecule has 3 aliphatic rings. The summed E-state index contributed by atoms with van der Waals surface area (Å²) >= 11 is 0. The molecular weight excluding hydrogens is 244 g/mol. The number of piperidine rings is 1. The molecule has 0 spiro atoms. The van der Waals surface area contributed by atoms with Crippen LogP contribution in [0.25, 0.3) is 0 Å². The SMILES string of the molecule is CCCNC1CCCCC1N1CCCC2CCCCC21. The summed E-state index contributed by atoms with van der Waals surface area (Å²) in [6.07, 6.45) is 16.0. The van der Waals surface area contributed by atoms with Gasteiger partial charge in [0.15, 0.2) is 0 Å². The van der Waals surface area contributed by atoms with Crippen molar-refractivity contribution < 1.29 is 0 Å². The molecule has 2 aliphatic carbocycles. The third kappa shape index (κ3) is 3.22. The molecule has 3 rings (SSSR count). The van der Waals surface area contributed by atoms with E-state index in [2.05, 4.69) is 17.1 Å². The quantitative estimate of drug-likeness (QED) is 0.837. The van der Waals surface area contributed by atoms with E-state index in [1.807, 2.05) is 0 Å². The highest BCUT2D eigenvalue weighted by molar-refractivity contribution is 4.96. The summed E-state index contributed by atoms with van der Waals surface area (Å²) in [5.41, 5.74) is 0. The van der Waals surface area contributed by atoms with Crippen molar-refractivity contribution in [1.29, 1.82) is 0 Å². The number of nitrogens with zero attached hydrogens (tertiary/aromatic N) is 1. The predicted octanol–water partition coefficient (Wildman–Crippen LogP) is 3.95. The van der Waals surface area contributed by atoms with Crippen molar-refractivity contribution in [3.05, 3.63) is 0 Å². The minimum absolute atomic E-state index is 0.782. The van der Waals surface area contributed by atoms with Crippen LogP contribution in [0.2, 0.25) is 0 Å². The van der Waals surface area contributed by atoms with Crippen molar-refractivity contribution >= 4 is 0 Å². The Kier molecular flexibility index (Phi) is 5.39. The summed E-state index contributed by atoms with van der Waals surface area (Å²) in [5.74, 6) is 1.03. The molecule has 0 aromatic heterocycles. The maximum atomic E-state index is 3.87. The number of hydrogen-bond donors (Lipinski definition) is 1. The van der Waals surface area contributed by atoms with Crippen molar-refractivity contribution in [3.8, 4) is 0 Å². The number of likely N-dealkylation sites (tertiary alicyclic amines) is 1. The van der Waals surface area contributed by atoms with Gasteiger partial charge in [0, 0.05) is 18.1 Å². The van der Waals surface area contributed by atoms with E-state index in [0.29, 0.717) is 0 Å². The third-order valence-corrected chi connectivity index (χ3v) is 6.10. The van der Waals surface area contributed by atoms with Gasteiger partial charge in [0.2, 0.25) is 0 Å². The van der Waals surface area contributed by atoms with Crippen molar-refractivity contribution in [3.63, 3.8) is 0 Å². The van der Waals surface area contributed by atoms with Gasteiger partial charge in [-0.3, -0.25) is 4.90 Å². The molecule has 0 aromatic carbocycles. The lowest BCUT2D eigenvalue weighted by Gasteiger charge is -2.51. The topological polar surface area (TPSA) is 15.3 Å². The molecule has 0 aromatic rings. The van der Waals surface area contributed by atoms with E-state index in [-0.39, 0.29) is 0 Å². The summed E-state index contributed by atoms with van der Waals surface area (Å²) in [4.78, 5) is 2.97. The number of hydrogen-bond acceptors (Lipinski definition) is 2. The Morgan fingerprint density at radius 2 is 1.55 bits per heavy atom. The molecule has 3 fully saturated rings. The molecule has 0 amide bonds. The van der Waals surface area contributed by atoms with E-state index in [0.717, 1.165) is 24.0 Å². The van der Waals surface area contributed by atoms with Gasteiger partial charge in [0.25, 0.3) is 0 Å². The fourth-order valence-electron chi connectivity index (χ4n) is 5.15. The van der Waals surface area contributed by atoms with Crippen LogP contribution in [-0.4, -0.2) is 36.1 Å². The zero-order valence-corrected chi connectivity index (χ0v) is 13.4. The fraction of sp³-hybridized carbons (Fsp3) is 1.00. The first-order valence-corrected chi connectivity index (χ1v) is 9.39.